The van der Waals surface area contributed by atoms with E-state index in [1.165, 1.54) is 0 Å². The van der Waals surface area contributed by atoms with E-state index < -0.39 is 6.23 Å². The third-order valence-electron chi connectivity index (χ3n) is 4.91. The molecule has 0 saturated carbocycles. The van der Waals surface area contributed by atoms with Crippen LogP contribution in [-0.4, -0.2) is 26.8 Å². The highest BCUT2D eigenvalue weighted by Gasteiger charge is 2.34. The molecule has 6 nitrogen and oxygen atoms in total. The Balaban J connectivity index is 1.86. The first-order chi connectivity index (χ1) is 14.6. The minimum Gasteiger partial charge on any atom is -0.447 e. The summed E-state index contributed by atoms with van der Waals surface area (Å²) in [7, 11) is 0. The first kappa shape index (κ1) is 20.3. The van der Waals surface area contributed by atoms with Crippen molar-refractivity contribution >= 4 is 23.4 Å². The Kier molecular flexibility index (Phi) is 5.99. The van der Waals surface area contributed by atoms with Gasteiger partial charge in [-0.05, 0) is 19.4 Å². The number of hydrogen-bond donors (Lipinski definition) is 0. The van der Waals surface area contributed by atoms with Crippen LogP contribution >= 0.6 is 11.8 Å². The fraction of sp³-hybridized carbons (Fsp3) is 0.304. The Bertz CT molecular complexity index is 1070. The second-order valence-electron chi connectivity index (χ2n) is 7.24. The van der Waals surface area contributed by atoms with Crippen LogP contribution in [0, 0.1) is 6.92 Å². The molecule has 1 aliphatic heterocycles. The zero-order valence-electron chi connectivity index (χ0n) is 17.3. The van der Waals surface area contributed by atoms with E-state index in [2.05, 4.69) is 22.1 Å². The highest BCUT2D eigenvalue weighted by molar-refractivity contribution is 7.99. The van der Waals surface area contributed by atoms with Gasteiger partial charge < -0.3 is 4.74 Å². The van der Waals surface area contributed by atoms with Crippen molar-refractivity contribution in [1.29, 1.82) is 0 Å². The average molecular weight is 421 g/mol. The maximum atomic E-state index is 12.8. The van der Waals surface area contributed by atoms with Crippen molar-refractivity contribution < 1.29 is 9.53 Å². The highest BCUT2D eigenvalue weighted by Crippen LogP contribution is 2.43. The maximum absolute atomic E-state index is 12.8. The van der Waals surface area contributed by atoms with Gasteiger partial charge in [0.05, 0.1) is 5.69 Å². The third-order valence-corrected chi connectivity index (χ3v) is 5.83. The van der Waals surface area contributed by atoms with Crippen LogP contribution in [-0.2, 0) is 4.79 Å². The summed E-state index contributed by atoms with van der Waals surface area (Å²) in [4.78, 5) is 19.1. The number of unbranched alkanes of at least 4 members (excludes halogenated alkanes) is 1. The van der Waals surface area contributed by atoms with Gasteiger partial charge in [-0.3, -0.25) is 9.69 Å². The molecule has 0 saturated heterocycles. The lowest BCUT2D eigenvalue weighted by atomic mass is 10.1. The van der Waals surface area contributed by atoms with E-state index in [9.17, 15) is 4.79 Å². The van der Waals surface area contributed by atoms with Gasteiger partial charge in [0, 0.05) is 23.8 Å². The molecule has 1 aromatic heterocycles. The molecule has 30 heavy (non-hydrogen) atoms. The summed E-state index contributed by atoms with van der Waals surface area (Å²) >= 11 is 1.57. The van der Waals surface area contributed by atoms with Crippen LogP contribution < -0.4 is 9.64 Å². The lowest BCUT2D eigenvalue weighted by molar-refractivity contribution is -0.118. The minimum absolute atomic E-state index is 0.118. The second-order valence-corrected chi connectivity index (χ2v) is 8.30. The van der Waals surface area contributed by atoms with Gasteiger partial charge in [0.15, 0.2) is 5.69 Å². The molecule has 0 radical (unpaired) electrons. The van der Waals surface area contributed by atoms with Gasteiger partial charge in [0.25, 0.3) is 0 Å². The molecule has 0 N–H and O–H groups in total. The molecule has 1 aliphatic rings. The van der Waals surface area contributed by atoms with Crippen molar-refractivity contribution in [3.8, 4) is 17.1 Å². The molecule has 0 aliphatic carbocycles. The summed E-state index contributed by atoms with van der Waals surface area (Å²) in [5.74, 6) is 1.20. The largest absolute Gasteiger partial charge is 0.447 e. The van der Waals surface area contributed by atoms with Crippen molar-refractivity contribution in [2.75, 3.05) is 10.7 Å². The lowest BCUT2D eigenvalue weighted by Crippen LogP contribution is -2.36. The van der Waals surface area contributed by atoms with Gasteiger partial charge >= 0.3 is 0 Å². The van der Waals surface area contributed by atoms with Crippen LogP contribution in [0.5, 0.6) is 5.88 Å². The first-order valence-electron chi connectivity index (χ1n) is 10.1. The Morgan fingerprint density at radius 1 is 1.17 bits per heavy atom. The molecule has 1 amide bonds. The number of hydrogen-bond acceptors (Lipinski definition) is 6. The summed E-state index contributed by atoms with van der Waals surface area (Å²) in [6.45, 7) is 5.72. The van der Waals surface area contributed by atoms with Gasteiger partial charge in [-0.1, -0.05) is 73.1 Å². The third kappa shape index (κ3) is 4.03. The fourth-order valence-electron chi connectivity index (χ4n) is 3.46. The average Bonchev–Trinajstić information content (AvgIpc) is 2.88. The minimum atomic E-state index is -0.644. The van der Waals surface area contributed by atoms with Crippen molar-refractivity contribution in [3.63, 3.8) is 0 Å². The molecular formula is C23H24N4O2S. The Morgan fingerprint density at radius 3 is 2.77 bits per heavy atom. The molecule has 7 heteroatoms. The predicted octanol–water partition coefficient (Wildman–Crippen LogP) is 5.18. The summed E-state index contributed by atoms with van der Waals surface area (Å²) in [6.07, 6.45) is 1.55. The Morgan fingerprint density at radius 2 is 2.00 bits per heavy atom. The fourth-order valence-corrected chi connectivity index (χ4v) is 4.32. The lowest BCUT2D eigenvalue weighted by Gasteiger charge is -2.30. The zero-order chi connectivity index (χ0) is 21.1. The number of nitrogens with zero attached hydrogens (tertiary/aromatic N) is 4. The van der Waals surface area contributed by atoms with E-state index in [1.807, 2.05) is 55.5 Å². The second kappa shape index (κ2) is 8.83. The molecule has 0 bridgehead atoms. The van der Waals surface area contributed by atoms with Crippen LogP contribution in [0.3, 0.4) is 0 Å². The maximum Gasteiger partial charge on any atom is 0.247 e. The summed E-state index contributed by atoms with van der Waals surface area (Å²) in [5.41, 5.74) is 4.04. The van der Waals surface area contributed by atoms with Crippen molar-refractivity contribution in [3.05, 3.63) is 59.7 Å². The molecule has 2 heterocycles. The number of fused-ring (bicyclic) bond motifs is 3. The quantitative estimate of drug-likeness (QED) is 0.418. The van der Waals surface area contributed by atoms with Gasteiger partial charge in [0.1, 0.15) is 0 Å². The number of aromatic nitrogens is 3. The number of rotatable bonds is 5. The number of para-hydroxylation sites is 1. The standard InChI is InChI=1S/C23H24N4O2S/c1-4-5-13-30-23-24-21-20(25-26-23)18-11-6-7-12-19(18)27(16(3)28)22(29-21)17-10-8-9-15(2)14-17/h6-12,14,22H,4-5,13H2,1-3H3/t22-/m0/s1. The smallest absolute Gasteiger partial charge is 0.247 e. The number of carbonyl (C=O) groups is 1. The van der Waals surface area contributed by atoms with E-state index in [0.29, 0.717) is 16.7 Å². The first-order valence-corrected chi connectivity index (χ1v) is 11.1. The van der Waals surface area contributed by atoms with Crippen LogP contribution in [0.1, 0.15) is 44.0 Å². The van der Waals surface area contributed by atoms with Crippen LogP contribution in [0.15, 0.2) is 53.7 Å². The predicted molar refractivity (Wildman–Crippen MR) is 119 cm³/mol. The SMILES string of the molecule is CCCCSc1nnc2c(n1)O[C@@H](c1cccc(C)c1)N(C(C)=O)c1ccccc1-2. The topological polar surface area (TPSA) is 68.2 Å². The van der Waals surface area contributed by atoms with E-state index in [0.717, 1.165) is 41.0 Å². The number of thioether (sulfide) groups is 1. The van der Waals surface area contributed by atoms with E-state index in [-0.39, 0.29) is 5.91 Å². The van der Waals surface area contributed by atoms with Gasteiger partial charge in [-0.25, -0.2) is 0 Å². The van der Waals surface area contributed by atoms with Crippen LogP contribution in [0.4, 0.5) is 5.69 Å². The van der Waals surface area contributed by atoms with Gasteiger partial charge in [0.2, 0.25) is 23.2 Å². The number of anilines is 1. The molecule has 154 valence electrons. The molecule has 1 atom stereocenters. The number of ether oxygens (including phenoxy) is 1. The molecule has 0 unspecified atom stereocenters. The number of carbonyl (C=O) groups excluding carboxylic acids is 1. The molecule has 0 fully saturated rings. The summed E-state index contributed by atoms with van der Waals surface area (Å²) in [5, 5.41) is 9.33. The molecular weight excluding hydrogens is 396 g/mol. The summed E-state index contributed by atoms with van der Waals surface area (Å²) in [6, 6.07) is 15.6. The van der Waals surface area contributed by atoms with E-state index in [4.69, 9.17) is 4.74 Å². The monoisotopic (exact) mass is 420 g/mol. The molecule has 2 aromatic carbocycles. The molecule has 0 spiro atoms. The van der Waals surface area contributed by atoms with Crippen molar-refractivity contribution in [2.45, 2.75) is 45.0 Å². The zero-order valence-corrected chi connectivity index (χ0v) is 18.1. The Labute approximate surface area is 180 Å². The van der Waals surface area contributed by atoms with Gasteiger partial charge in [-0.2, -0.15) is 4.98 Å². The number of amides is 1. The molecule has 3 aromatic rings. The van der Waals surface area contributed by atoms with Crippen molar-refractivity contribution in [2.24, 2.45) is 0 Å². The van der Waals surface area contributed by atoms with E-state index >= 15 is 0 Å². The number of aryl methyl sites for hydroxylation is 1. The van der Waals surface area contributed by atoms with Crippen molar-refractivity contribution in [1.82, 2.24) is 15.2 Å². The van der Waals surface area contributed by atoms with Crippen LogP contribution in [0.2, 0.25) is 0 Å². The van der Waals surface area contributed by atoms with E-state index in [1.54, 1.807) is 23.6 Å². The normalized spacial score (nSPS) is 15.0. The summed E-state index contributed by atoms with van der Waals surface area (Å²) < 4.78 is 6.38. The van der Waals surface area contributed by atoms with Crippen LogP contribution in [0.25, 0.3) is 11.3 Å². The Hall–Kier alpha value is -2.93. The molecule has 4 rings (SSSR count). The van der Waals surface area contributed by atoms with Gasteiger partial charge in [-0.15, -0.1) is 10.2 Å². The highest BCUT2D eigenvalue weighted by atomic mass is 32.2. The number of benzene rings is 2.